The molecule has 2 aromatic rings. The van der Waals surface area contributed by atoms with Gasteiger partial charge in [0.1, 0.15) is 11.9 Å². The molecular weight excluding hydrogens is 393 g/mol. The number of anilines is 1. The van der Waals surface area contributed by atoms with Gasteiger partial charge in [-0.15, -0.1) is 11.3 Å². The molecule has 0 aliphatic carbocycles. The molecule has 0 saturated heterocycles. The molecule has 0 saturated carbocycles. The number of halogens is 1. The number of thiazole rings is 1. The summed E-state index contributed by atoms with van der Waals surface area (Å²) in [5, 5.41) is 6.10. The van der Waals surface area contributed by atoms with Gasteiger partial charge in [0.2, 0.25) is 11.8 Å². The summed E-state index contributed by atoms with van der Waals surface area (Å²) < 4.78 is 13.2. The summed E-state index contributed by atoms with van der Waals surface area (Å²) in [7, 11) is 0. The van der Waals surface area contributed by atoms with Crippen molar-refractivity contribution < 1.29 is 14.0 Å². The number of hydrogen-bond acceptors (Lipinski definition) is 6. The Labute approximate surface area is 174 Å². The molecule has 4 N–H and O–H groups in total. The minimum absolute atomic E-state index is 0.224. The summed E-state index contributed by atoms with van der Waals surface area (Å²) in [6, 6.07) is 4.75. The first-order chi connectivity index (χ1) is 13.8. The van der Waals surface area contributed by atoms with E-state index in [-0.39, 0.29) is 36.6 Å². The van der Waals surface area contributed by atoms with Crippen LogP contribution in [0.1, 0.15) is 31.2 Å². The van der Waals surface area contributed by atoms with Crippen molar-refractivity contribution in [3.05, 3.63) is 46.7 Å². The molecule has 9 heteroatoms. The van der Waals surface area contributed by atoms with Gasteiger partial charge >= 0.3 is 0 Å². The normalized spacial score (nSPS) is 13.1. The fourth-order valence-electron chi connectivity index (χ4n) is 3.00. The molecule has 0 aliphatic heterocycles. The molecule has 158 valence electrons. The quantitative estimate of drug-likeness (QED) is 0.544. The van der Waals surface area contributed by atoms with Crippen LogP contribution in [0.2, 0.25) is 0 Å². The fraction of sp³-hybridized carbons (Fsp3) is 0.450. The number of benzene rings is 1. The van der Waals surface area contributed by atoms with Crippen molar-refractivity contribution in [3.63, 3.8) is 0 Å². The Kier molecular flexibility index (Phi) is 8.53. The van der Waals surface area contributed by atoms with E-state index >= 15 is 0 Å². The molecule has 7 nitrogen and oxygen atoms in total. The minimum atomic E-state index is -0.781. The number of rotatable bonds is 10. The third-order valence-electron chi connectivity index (χ3n) is 4.73. The number of amides is 2. The van der Waals surface area contributed by atoms with Crippen LogP contribution in [-0.4, -0.2) is 46.9 Å². The van der Waals surface area contributed by atoms with Gasteiger partial charge in [0, 0.05) is 17.5 Å². The fourth-order valence-corrected chi connectivity index (χ4v) is 3.62. The summed E-state index contributed by atoms with van der Waals surface area (Å²) in [4.78, 5) is 32.3. The lowest BCUT2D eigenvalue weighted by Crippen LogP contribution is -2.53. The van der Waals surface area contributed by atoms with Crippen molar-refractivity contribution in [2.75, 3.05) is 18.8 Å². The maximum Gasteiger partial charge on any atom is 0.243 e. The van der Waals surface area contributed by atoms with Crippen LogP contribution < -0.4 is 16.4 Å². The topological polar surface area (TPSA) is 100 Å². The number of aromatic nitrogens is 1. The van der Waals surface area contributed by atoms with Gasteiger partial charge in [-0.1, -0.05) is 26.0 Å². The van der Waals surface area contributed by atoms with E-state index in [1.165, 1.54) is 23.5 Å². The average Bonchev–Trinajstić information content (AvgIpc) is 3.13. The Morgan fingerprint density at radius 1 is 1.21 bits per heavy atom. The zero-order valence-electron chi connectivity index (χ0n) is 16.9. The molecule has 0 fully saturated rings. The van der Waals surface area contributed by atoms with E-state index in [1.54, 1.807) is 18.3 Å². The number of nitrogen functional groups attached to an aromatic ring is 1. The number of hydrogen-bond donors (Lipinski definition) is 3. The van der Waals surface area contributed by atoms with E-state index in [0.29, 0.717) is 5.13 Å². The van der Waals surface area contributed by atoms with Gasteiger partial charge < -0.3 is 16.4 Å². The number of nitrogens with zero attached hydrogens (tertiary/aromatic N) is 2. The van der Waals surface area contributed by atoms with Crippen LogP contribution in [-0.2, 0) is 22.6 Å². The molecule has 1 aromatic heterocycles. The van der Waals surface area contributed by atoms with Crippen LogP contribution in [0.15, 0.2) is 30.5 Å². The molecular formula is C20H28FN5O2S. The van der Waals surface area contributed by atoms with Crippen molar-refractivity contribution in [1.29, 1.82) is 0 Å². The molecule has 2 atom stereocenters. The van der Waals surface area contributed by atoms with E-state index in [4.69, 9.17) is 5.73 Å². The smallest absolute Gasteiger partial charge is 0.243 e. The summed E-state index contributed by atoms with van der Waals surface area (Å²) in [6.45, 7) is 7.51. The van der Waals surface area contributed by atoms with Crippen LogP contribution in [0, 0.1) is 5.82 Å². The summed E-state index contributed by atoms with van der Waals surface area (Å²) in [5.74, 6) is -0.892. The molecule has 2 amide bonds. The third-order valence-corrected chi connectivity index (χ3v) is 5.56. The molecule has 29 heavy (non-hydrogen) atoms. The van der Waals surface area contributed by atoms with E-state index in [1.807, 2.05) is 25.7 Å². The highest BCUT2D eigenvalue weighted by atomic mass is 32.1. The Bertz CT molecular complexity index is 807. The van der Waals surface area contributed by atoms with Crippen LogP contribution in [0.25, 0.3) is 0 Å². The summed E-state index contributed by atoms with van der Waals surface area (Å²) in [5.41, 5.74) is 6.37. The number of carbonyl (C=O) groups is 2. The SMILES string of the molecule is CCN(CC)[C@@H](C)C(=O)N[C@@H](Cc1ccc(F)cc1)C(=O)NCc1cnc(N)s1. The van der Waals surface area contributed by atoms with E-state index < -0.39 is 6.04 Å². The lowest BCUT2D eigenvalue weighted by atomic mass is 10.0. The first-order valence-electron chi connectivity index (χ1n) is 9.60. The van der Waals surface area contributed by atoms with Gasteiger partial charge in [0.25, 0.3) is 0 Å². The number of nitrogens with one attached hydrogen (secondary N) is 2. The predicted molar refractivity (Wildman–Crippen MR) is 113 cm³/mol. The largest absolute Gasteiger partial charge is 0.375 e. The zero-order valence-corrected chi connectivity index (χ0v) is 17.8. The van der Waals surface area contributed by atoms with Gasteiger partial charge in [0.05, 0.1) is 12.6 Å². The standard InChI is InChI=1S/C20H28FN5O2S/c1-4-26(5-2)13(3)18(27)25-17(10-14-6-8-15(21)9-7-14)19(28)23-11-16-12-24-20(22)29-16/h6-9,12-13,17H,4-5,10-11H2,1-3H3,(H2,22,24)(H,23,28)(H,25,27)/t13-,17-/m0/s1. The van der Waals surface area contributed by atoms with Crippen LogP contribution >= 0.6 is 11.3 Å². The molecule has 1 aromatic carbocycles. The van der Waals surface area contributed by atoms with Gasteiger partial charge in [-0.2, -0.15) is 0 Å². The number of carbonyl (C=O) groups excluding carboxylic acids is 2. The highest BCUT2D eigenvalue weighted by Gasteiger charge is 2.26. The van der Waals surface area contributed by atoms with Crippen molar-refractivity contribution in [2.24, 2.45) is 0 Å². The van der Waals surface area contributed by atoms with Gasteiger partial charge in [-0.3, -0.25) is 14.5 Å². The molecule has 0 radical (unpaired) electrons. The van der Waals surface area contributed by atoms with Gasteiger partial charge in [-0.05, 0) is 37.7 Å². The van der Waals surface area contributed by atoms with Crippen molar-refractivity contribution in [1.82, 2.24) is 20.5 Å². The van der Waals surface area contributed by atoms with Crippen molar-refractivity contribution >= 4 is 28.3 Å². The Hall–Kier alpha value is -2.52. The van der Waals surface area contributed by atoms with Gasteiger partial charge in [-0.25, -0.2) is 9.37 Å². The Morgan fingerprint density at radius 2 is 1.86 bits per heavy atom. The second-order valence-electron chi connectivity index (χ2n) is 6.67. The first-order valence-corrected chi connectivity index (χ1v) is 10.4. The molecule has 0 aliphatic rings. The Balaban J connectivity index is 2.09. The van der Waals surface area contributed by atoms with E-state index in [0.717, 1.165) is 23.5 Å². The highest BCUT2D eigenvalue weighted by Crippen LogP contribution is 2.14. The number of likely N-dealkylation sites (N-methyl/N-ethyl adjacent to an activating group) is 1. The van der Waals surface area contributed by atoms with E-state index in [9.17, 15) is 14.0 Å². The lowest BCUT2D eigenvalue weighted by molar-refractivity contribution is -0.131. The van der Waals surface area contributed by atoms with E-state index in [2.05, 4.69) is 15.6 Å². The first kappa shape index (κ1) is 22.8. The zero-order chi connectivity index (χ0) is 21.4. The molecule has 0 bridgehead atoms. The average molecular weight is 422 g/mol. The second kappa shape index (κ2) is 10.9. The second-order valence-corrected chi connectivity index (χ2v) is 7.82. The van der Waals surface area contributed by atoms with Gasteiger partial charge in [0.15, 0.2) is 5.13 Å². The maximum atomic E-state index is 13.2. The monoisotopic (exact) mass is 421 g/mol. The lowest BCUT2D eigenvalue weighted by Gasteiger charge is -2.27. The van der Waals surface area contributed by atoms with Crippen molar-refractivity contribution in [3.8, 4) is 0 Å². The molecule has 0 spiro atoms. The minimum Gasteiger partial charge on any atom is -0.375 e. The van der Waals surface area contributed by atoms with Crippen LogP contribution in [0.5, 0.6) is 0 Å². The predicted octanol–water partition coefficient (Wildman–Crippen LogP) is 1.94. The molecule has 0 unspecified atom stereocenters. The summed E-state index contributed by atoms with van der Waals surface area (Å²) in [6.07, 6.45) is 1.87. The molecule has 2 rings (SSSR count). The number of nitrogens with two attached hydrogens (primary N) is 1. The third kappa shape index (κ3) is 6.79. The highest BCUT2D eigenvalue weighted by molar-refractivity contribution is 7.15. The Morgan fingerprint density at radius 3 is 2.41 bits per heavy atom. The van der Waals surface area contributed by atoms with Crippen LogP contribution in [0.3, 0.4) is 0 Å². The maximum absolute atomic E-state index is 13.2. The van der Waals surface area contributed by atoms with Crippen molar-refractivity contribution in [2.45, 2.75) is 45.8 Å². The molecule has 1 heterocycles. The summed E-state index contributed by atoms with van der Waals surface area (Å²) >= 11 is 1.29. The van der Waals surface area contributed by atoms with Crippen LogP contribution in [0.4, 0.5) is 9.52 Å².